The van der Waals surface area contributed by atoms with Gasteiger partial charge in [-0.2, -0.15) is 5.10 Å². The lowest BCUT2D eigenvalue weighted by Crippen LogP contribution is -2.17. The smallest absolute Gasteiger partial charge is 0.282 e. The van der Waals surface area contributed by atoms with Crippen LogP contribution in [0, 0.1) is 20.2 Å². The van der Waals surface area contributed by atoms with E-state index in [9.17, 15) is 25.0 Å². The van der Waals surface area contributed by atoms with Gasteiger partial charge in [-0.1, -0.05) is 30.3 Å². The molecule has 0 aromatic heterocycles. The summed E-state index contributed by atoms with van der Waals surface area (Å²) in [5, 5.41) is 26.0. The average Bonchev–Trinajstić information content (AvgIpc) is 2.83. The number of carbonyl (C=O) groups is 1. The monoisotopic (exact) mass is 450 g/mol. The van der Waals surface area contributed by atoms with Gasteiger partial charge >= 0.3 is 0 Å². The van der Waals surface area contributed by atoms with Crippen LogP contribution in [-0.4, -0.2) is 29.1 Å². The van der Waals surface area contributed by atoms with Crippen molar-refractivity contribution in [2.24, 2.45) is 5.10 Å². The number of rotatable bonds is 9. The molecule has 0 saturated carbocycles. The standard InChI is InChI=1S/C22H18N4O7/c1-32-20-11-17(13-23-24-22(27)16-7-9-18(10-8-16)25(28)29)19(26(30)31)12-21(20)33-14-15-5-3-2-4-6-15/h2-13H,14H2,1H3,(H,24,27)/b23-13-. The Morgan fingerprint density at radius 2 is 1.70 bits per heavy atom. The maximum Gasteiger partial charge on any atom is 0.282 e. The van der Waals surface area contributed by atoms with Gasteiger partial charge in [-0.15, -0.1) is 0 Å². The van der Waals surface area contributed by atoms with Crippen LogP contribution in [0.5, 0.6) is 11.5 Å². The lowest BCUT2D eigenvalue weighted by molar-refractivity contribution is -0.385. The number of nitro groups is 2. The van der Waals surface area contributed by atoms with Gasteiger partial charge in [-0.3, -0.25) is 25.0 Å². The predicted molar refractivity (Wildman–Crippen MR) is 119 cm³/mol. The fraction of sp³-hybridized carbons (Fsp3) is 0.0909. The molecule has 3 aromatic carbocycles. The second-order valence-electron chi connectivity index (χ2n) is 6.60. The van der Waals surface area contributed by atoms with Crippen LogP contribution in [0.3, 0.4) is 0 Å². The third-order valence-corrected chi connectivity index (χ3v) is 4.46. The average molecular weight is 450 g/mol. The largest absolute Gasteiger partial charge is 0.493 e. The molecule has 0 unspecified atom stereocenters. The molecule has 0 atom stereocenters. The molecule has 33 heavy (non-hydrogen) atoms. The number of nitro benzene ring substituents is 2. The van der Waals surface area contributed by atoms with Gasteiger partial charge in [-0.25, -0.2) is 5.43 Å². The third-order valence-electron chi connectivity index (χ3n) is 4.46. The third kappa shape index (κ3) is 5.88. The maximum atomic E-state index is 12.2. The highest BCUT2D eigenvalue weighted by Gasteiger charge is 2.19. The normalized spacial score (nSPS) is 10.6. The van der Waals surface area contributed by atoms with E-state index in [1.54, 1.807) is 0 Å². The van der Waals surface area contributed by atoms with Crippen molar-refractivity contribution in [2.45, 2.75) is 6.61 Å². The van der Waals surface area contributed by atoms with Crippen molar-refractivity contribution in [3.05, 3.63) is 104 Å². The lowest BCUT2D eigenvalue weighted by Gasteiger charge is -2.12. The zero-order valence-corrected chi connectivity index (χ0v) is 17.3. The van der Waals surface area contributed by atoms with E-state index in [1.807, 2.05) is 30.3 Å². The quantitative estimate of drug-likeness (QED) is 0.296. The van der Waals surface area contributed by atoms with E-state index in [0.717, 1.165) is 11.8 Å². The van der Waals surface area contributed by atoms with Crippen LogP contribution >= 0.6 is 0 Å². The van der Waals surface area contributed by atoms with Crippen LogP contribution in [0.1, 0.15) is 21.5 Å². The molecule has 11 heteroatoms. The molecule has 0 saturated heterocycles. The molecule has 0 aliphatic heterocycles. The van der Waals surface area contributed by atoms with Crippen molar-refractivity contribution < 1.29 is 24.1 Å². The Labute approximate surface area is 187 Å². The van der Waals surface area contributed by atoms with Crippen molar-refractivity contribution in [1.29, 1.82) is 0 Å². The number of amides is 1. The van der Waals surface area contributed by atoms with Crippen LogP contribution in [0.2, 0.25) is 0 Å². The number of non-ortho nitro benzene ring substituents is 1. The molecule has 1 amide bonds. The van der Waals surface area contributed by atoms with Gasteiger partial charge in [0.25, 0.3) is 17.3 Å². The summed E-state index contributed by atoms with van der Waals surface area (Å²) in [6.45, 7) is 0.188. The summed E-state index contributed by atoms with van der Waals surface area (Å²) in [5.74, 6) is -0.210. The molecule has 168 valence electrons. The van der Waals surface area contributed by atoms with Crippen LogP contribution in [-0.2, 0) is 6.61 Å². The number of hydrazone groups is 1. The van der Waals surface area contributed by atoms with Gasteiger partial charge in [0, 0.05) is 17.7 Å². The van der Waals surface area contributed by atoms with Gasteiger partial charge < -0.3 is 9.47 Å². The van der Waals surface area contributed by atoms with Crippen LogP contribution in [0.4, 0.5) is 11.4 Å². The minimum absolute atomic E-state index is 0.0768. The summed E-state index contributed by atoms with van der Waals surface area (Å²) < 4.78 is 11.0. The highest BCUT2D eigenvalue weighted by molar-refractivity contribution is 5.95. The fourth-order valence-corrected chi connectivity index (χ4v) is 2.79. The van der Waals surface area contributed by atoms with Crippen LogP contribution < -0.4 is 14.9 Å². The molecule has 0 radical (unpaired) electrons. The number of carbonyl (C=O) groups excluding carboxylic acids is 1. The fourth-order valence-electron chi connectivity index (χ4n) is 2.79. The Hall–Kier alpha value is -4.80. The van der Waals surface area contributed by atoms with E-state index in [1.165, 1.54) is 43.5 Å². The Bertz CT molecular complexity index is 1200. The highest BCUT2D eigenvalue weighted by Crippen LogP contribution is 2.34. The lowest BCUT2D eigenvalue weighted by atomic mass is 10.1. The number of benzene rings is 3. The van der Waals surface area contributed by atoms with Gasteiger partial charge in [-0.05, 0) is 23.8 Å². The van der Waals surface area contributed by atoms with E-state index < -0.39 is 15.8 Å². The molecule has 0 aliphatic carbocycles. The first kappa shape index (κ1) is 22.9. The maximum absolute atomic E-state index is 12.2. The van der Waals surface area contributed by atoms with E-state index in [-0.39, 0.29) is 40.6 Å². The molecule has 3 aromatic rings. The molecule has 0 spiro atoms. The molecular weight excluding hydrogens is 432 g/mol. The van der Waals surface area contributed by atoms with E-state index >= 15 is 0 Å². The first-order chi connectivity index (χ1) is 15.9. The van der Waals surface area contributed by atoms with Gasteiger partial charge in [0.05, 0.1) is 34.8 Å². The van der Waals surface area contributed by atoms with Crippen LogP contribution in [0.15, 0.2) is 71.8 Å². The summed E-state index contributed by atoms with van der Waals surface area (Å²) in [4.78, 5) is 33.2. The number of ether oxygens (including phenoxy) is 2. The molecular formula is C22H18N4O7. The summed E-state index contributed by atoms with van der Waals surface area (Å²) in [7, 11) is 1.40. The molecule has 0 bridgehead atoms. The molecule has 3 rings (SSSR count). The van der Waals surface area contributed by atoms with E-state index in [2.05, 4.69) is 10.5 Å². The predicted octanol–water partition coefficient (Wildman–Crippen LogP) is 3.85. The minimum atomic E-state index is -0.640. The first-order valence-electron chi connectivity index (χ1n) is 9.50. The summed E-state index contributed by atoms with van der Waals surface area (Å²) in [5.41, 5.74) is 2.86. The second-order valence-corrected chi connectivity index (χ2v) is 6.60. The Kier molecular flexibility index (Phi) is 7.27. The SMILES string of the molecule is COc1cc(/C=N\NC(=O)c2ccc([N+](=O)[O-])cc2)c([N+](=O)[O-])cc1OCc1ccccc1. The van der Waals surface area contributed by atoms with Crippen molar-refractivity contribution >= 4 is 23.5 Å². The zero-order valence-electron chi connectivity index (χ0n) is 17.3. The first-order valence-corrected chi connectivity index (χ1v) is 9.50. The number of nitrogens with one attached hydrogen (secondary N) is 1. The topological polar surface area (TPSA) is 146 Å². The van der Waals surface area contributed by atoms with Gasteiger partial charge in [0.1, 0.15) is 6.61 Å². The molecule has 0 fully saturated rings. The van der Waals surface area contributed by atoms with Gasteiger partial charge in [0.2, 0.25) is 0 Å². The second kappa shape index (κ2) is 10.5. The molecule has 11 nitrogen and oxygen atoms in total. The Balaban J connectivity index is 1.77. The van der Waals surface area contributed by atoms with E-state index in [0.29, 0.717) is 0 Å². The highest BCUT2D eigenvalue weighted by atomic mass is 16.6. The summed E-state index contributed by atoms with van der Waals surface area (Å²) >= 11 is 0. The zero-order chi connectivity index (χ0) is 23.8. The Morgan fingerprint density at radius 1 is 1.00 bits per heavy atom. The van der Waals surface area contributed by atoms with Gasteiger partial charge in [0.15, 0.2) is 11.5 Å². The molecule has 0 heterocycles. The molecule has 1 N–H and O–H groups in total. The molecule has 0 aliphatic rings. The summed E-state index contributed by atoms with van der Waals surface area (Å²) in [6.07, 6.45) is 1.10. The number of hydrogen-bond acceptors (Lipinski definition) is 8. The summed E-state index contributed by atoms with van der Waals surface area (Å²) in [6, 6.07) is 16.8. The van der Waals surface area contributed by atoms with Crippen molar-refractivity contribution in [1.82, 2.24) is 5.43 Å². The van der Waals surface area contributed by atoms with Crippen molar-refractivity contribution in [2.75, 3.05) is 7.11 Å². The number of hydrogen-bond donors (Lipinski definition) is 1. The minimum Gasteiger partial charge on any atom is -0.493 e. The van der Waals surface area contributed by atoms with Crippen LogP contribution in [0.25, 0.3) is 0 Å². The Morgan fingerprint density at radius 3 is 2.30 bits per heavy atom. The number of methoxy groups -OCH3 is 1. The van der Waals surface area contributed by atoms with E-state index in [4.69, 9.17) is 9.47 Å². The van der Waals surface area contributed by atoms with Crippen molar-refractivity contribution in [3.63, 3.8) is 0 Å². The van der Waals surface area contributed by atoms with Crippen molar-refractivity contribution in [3.8, 4) is 11.5 Å². The number of nitrogens with zero attached hydrogens (tertiary/aromatic N) is 3.